The number of hydrogen-bond acceptors (Lipinski definition) is 6. The Balaban J connectivity index is 1.53. The number of nitrogens with one attached hydrogen (secondary N) is 2. The minimum absolute atomic E-state index is 0.0143. The molecule has 0 aliphatic carbocycles. The molecule has 0 unspecified atom stereocenters. The highest BCUT2D eigenvalue weighted by molar-refractivity contribution is 7.18. The molecule has 2 aromatic rings. The number of carbonyl (C=O) groups is 1. The molecule has 8 heteroatoms. The lowest BCUT2D eigenvalue weighted by Gasteiger charge is -2.35. The number of carbonyl (C=O) groups excluding carboxylic acids is 1. The quantitative estimate of drug-likeness (QED) is 0.855. The van der Waals surface area contributed by atoms with E-state index >= 15 is 0 Å². The minimum atomic E-state index is 0.0143. The highest BCUT2D eigenvalue weighted by Gasteiger charge is 2.38. The maximum Gasteiger partial charge on any atom is 0.263 e. The van der Waals surface area contributed by atoms with Gasteiger partial charge in [-0.3, -0.25) is 9.89 Å². The first-order valence-corrected chi connectivity index (χ1v) is 9.55. The number of H-pyrrole nitrogens is 1. The van der Waals surface area contributed by atoms with Crippen LogP contribution in [0.1, 0.15) is 22.5 Å². The number of aromatic amines is 1. The van der Waals surface area contributed by atoms with Crippen molar-refractivity contribution in [3.63, 3.8) is 0 Å². The fourth-order valence-electron chi connectivity index (χ4n) is 4.00. The van der Waals surface area contributed by atoms with Crippen LogP contribution in [0.2, 0.25) is 0 Å². The molecule has 25 heavy (non-hydrogen) atoms. The van der Waals surface area contributed by atoms with Crippen LogP contribution in [0.15, 0.2) is 12.4 Å². The van der Waals surface area contributed by atoms with Gasteiger partial charge >= 0.3 is 0 Å². The van der Waals surface area contributed by atoms with Crippen LogP contribution < -0.4 is 15.0 Å². The van der Waals surface area contributed by atoms with Crippen LogP contribution in [0.25, 0.3) is 10.4 Å². The summed E-state index contributed by atoms with van der Waals surface area (Å²) in [6.45, 7) is 3.87. The van der Waals surface area contributed by atoms with Crippen LogP contribution in [0.4, 0.5) is 5.69 Å². The number of anilines is 1. The van der Waals surface area contributed by atoms with E-state index in [1.54, 1.807) is 6.20 Å². The molecule has 0 saturated carbocycles. The third-order valence-electron chi connectivity index (χ3n) is 5.30. The summed E-state index contributed by atoms with van der Waals surface area (Å²) in [7, 11) is 0. The molecule has 1 amide bonds. The van der Waals surface area contributed by atoms with Crippen LogP contribution in [0.3, 0.4) is 0 Å². The fraction of sp³-hybridized carbons (Fsp3) is 0.529. The van der Waals surface area contributed by atoms with Crippen LogP contribution in [0.5, 0.6) is 5.75 Å². The predicted octanol–water partition coefficient (Wildman–Crippen LogP) is 1.88. The first-order chi connectivity index (χ1) is 12.3. The monoisotopic (exact) mass is 360 g/mol. The van der Waals surface area contributed by atoms with E-state index in [0.29, 0.717) is 12.5 Å². The van der Waals surface area contributed by atoms with Gasteiger partial charge in [0.05, 0.1) is 17.6 Å². The van der Waals surface area contributed by atoms with Crippen LogP contribution in [-0.4, -0.2) is 55.1 Å². The SMILES string of the molecule is O=C1N[C@@H](C2CCOCC2)CN2CCOc3c(-c4cn[nH]c4)sc1c32. The van der Waals surface area contributed by atoms with Gasteiger partial charge in [0.1, 0.15) is 17.2 Å². The van der Waals surface area contributed by atoms with E-state index in [1.807, 2.05) is 6.20 Å². The Kier molecular flexibility index (Phi) is 3.67. The number of rotatable bonds is 2. The molecule has 5 rings (SSSR count). The van der Waals surface area contributed by atoms with Gasteiger partial charge in [0, 0.05) is 37.6 Å². The fourth-order valence-corrected chi connectivity index (χ4v) is 5.15. The van der Waals surface area contributed by atoms with E-state index in [0.717, 1.165) is 65.9 Å². The number of amides is 1. The normalized spacial score (nSPS) is 23.6. The van der Waals surface area contributed by atoms with Gasteiger partial charge in [0.2, 0.25) is 0 Å². The van der Waals surface area contributed by atoms with Gasteiger partial charge in [0.25, 0.3) is 5.91 Å². The predicted molar refractivity (Wildman–Crippen MR) is 94.4 cm³/mol. The molecular weight excluding hydrogens is 340 g/mol. The first-order valence-electron chi connectivity index (χ1n) is 8.73. The molecule has 5 heterocycles. The maximum absolute atomic E-state index is 12.9. The zero-order valence-corrected chi connectivity index (χ0v) is 14.6. The summed E-state index contributed by atoms with van der Waals surface area (Å²) in [4.78, 5) is 17.0. The molecule has 7 nitrogen and oxygen atoms in total. The summed E-state index contributed by atoms with van der Waals surface area (Å²) < 4.78 is 11.5. The lowest BCUT2D eigenvalue weighted by Crippen LogP contribution is -2.48. The molecule has 3 aliphatic heterocycles. The highest BCUT2D eigenvalue weighted by atomic mass is 32.1. The van der Waals surface area contributed by atoms with Gasteiger partial charge in [-0.15, -0.1) is 11.3 Å². The van der Waals surface area contributed by atoms with Crippen molar-refractivity contribution in [2.75, 3.05) is 37.8 Å². The van der Waals surface area contributed by atoms with Crippen molar-refractivity contribution >= 4 is 22.9 Å². The van der Waals surface area contributed by atoms with E-state index in [-0.39, 0.29) is 11.9 Å². The Morgan fingerprint density at radius 2 is 2.12 bits per heavy atom. The van der Waals surface area contributed by atoms with Crippen molar-refractivity contribution in [2.24, 2.45) is 5.92 Å². The Labute approximate surface area is 149 Å². The molecule has 132 valence electrons. The molecule has 0 spiro atoms. The number of thiophene rings is 1. The van der Waals surface area contributed by atoms with Crippen molar-refractivity contribution in [3.05, 3.63) is 17.3 Å². The van der Waals surface area contributed by atoms with E-state index < -0.39 is 0 Å². The average Bonchev–Trinajstić information content (AvgIpc) is 3.26. The number of nitrogens with zero attached hydrogens (tertiary/aromatic N) is 2. The van der Waals surface area contributed by atoms with Gasteiger partial charge in [-0.25, -0.2) is 0 Å². The lowest BCUT2D eigenvalue weighted by molar-refractivity contribution is 0.0527. The zero-order valence-electron chi connectivity index (χ0n) is 13.8. The standard InChI is InChI=1S/C17H20N4O3S/c22-17-16-13-14(15(25-16)11-7-18-19-8-11)24-6-3-21(13)9-12(20-17)10-1-4-23-5-2-10/h7-8,10,12H,1-6,9H2,(H,18,19)(H,20,22)/t12-/m1/s1. The summed E-state index contributed by atoms with van der Waals surface area (Å²) in [5, 5.41) is 10.1. The summed E-state index contributed by atoms with van der Waals surface area (Å²) in [5.41, 5.74) is 1.92. The smallest absolute Gasteiger partial charge is 0.263 e. The molecular formula is C17H20N4O3S. The molecule has 0 bridgehead atoms. The van der Waals surface area contributed by atoms with E-state index in [9.17, 15) is 4.79 Å². The van der Waals surface area contributed by atoms with Gasteiger partial charge in [-0.05, 0) is 18.8 Å². The topological polar surface area (TPSA) is 79.5 Å². The van der Waals surface area contributed by atoms with Gasteiger partial charge in [-0.1, -0.05) is 0 Å². The van der Waals surface area contributed by atoms with Gasteiger partial charge < -0.3 is 19.7 Å². The largest absolute Gasteiger partial charge is 0.488 e. The summed E-state index contributed by atoms with van der Waals surface area (Å²) in [6, 6.07) is 0.166. The van der Waals surface area contributed by atoms with Crippen LogP contribution in [-0.2, 0) is 4.74 Å². The second-order valence-corrected chi connectivity index (χ2v) is 7.77. The number of hydrogen-bond donors (Lipinski definition) is 2. The Morgan fingerprint density at radius 1 is 1.24 bits per heavy atom. The van der Waals surface area contributed by atoms with Crippen molar-refractivity contribution in [1.29, 1.82) is 0 Å². The van der Waals surface area contributed by atoms with Crippen molar-refractivity contribution in [2.45, 2.75) is 18.9 Å². The molecule has 1 saturated heterocycles. The molecule has 3 aliphatic rings. The maximum atomic E-state index is 12.9. The second-order valence-electron chi connectivity index (χ2n) is 6.75. The molecule has 2 N–H and O–H groups in total. The zero-order chi connectivity index (χ0) is 16.8. The van der Waals surface area contributed by atoms with Gasteiger partial charge in [-0.2, -0.15) is 5.10 Å². The molecule has 1 atom stereocenters. The second kappa shape index (κ2) is 6.03. The molecule has 1 fully saturated rings. The van der Waals surface area contributed by atoms with Crippen LogP contribution >= 0.6 is 11.3 Å². The Hall–Kier alpha value is -2.06. The highest BCUT2D eigenvalue weighted by Crippen LogP contribution is 2.50. The summed E-state index contributed by atoms with van der Waals surface area (Å²) >= 11 is 1.49. The Morgan fingerprint density at radius 3 is 2.92 bits per heavy atom. The van der Waals surface area contributed by atoms with E-state index in [1.165, 1.54) is 11.3 Å². The summed E-state index contributed by atoms with van der Waals surface area (Å²) in [6.07, 6.45) is 5.63. The number of aromatic nitrogens is 2. The first kappa shape index (κ1) is 15.2. The molecule has 0 aromatic carbocycles. The van der Waals surface area contributed by atoms with Gasteiger partial charge in [0.15, 0.2) is 5.75 Å². The van der Waals surface area contributed by atoms with Crippen molar-refractivity contribution in [1.82, 2.24) is 15.5 Å². The lowest BCUT2D eigenvalue weighted by atomic mass is 9.91. The molecule has 0 radical (unpaired) electrons. The van der Waals surface area contributed by atoms with Crippen LogP contribution in [0, 0.1) is 5.92 Å². The van der Waals surface area contributed by atoms with E-state index in [2.05, 4.69) is 20.4 Å². The Bertz CT molecular complexity index is 782. The van der Waals surface area contributed by atoms with Crippen molar-refractivity contribution in [3.8, 4) is 16.2 Å². The van der Waals surface area contributed by atoms with E-state index in [4.69, 9.17) is 9.47 Å². The third kappa shape index (κ3) is 2.51. The minimum Gasteiger partial charge on any atom is -0.488 e. The van der Waals surface area contributed by atoms with Crippen molar-refractivity contribution < 1.29 is 14.3 Å². The molecule has 2 aromatic heterocycles. The number of ether oxygens (including phenoxy) is 2. The summed E-state index contributed by atoms with van der Waals surface area (Å²) in [5.74, 6) is 1.32. The third-order valence-corrected chi connectivity index (χ3v) is 6.51. The average molecular weight is 360 g/mol.